The summed E-state index contributed by atoms with van der Waals surface area (Å²) in [6, 6.07) is 1.90. The van der Waals surface area contributed by atoms with E-state index in [-0.39, 0.29) is 0 Å². The minimum Gasteiger partial charge on any atom is -0.478 e. The molecule has 0 fully saturated rings. The van der Waals surface area contributed by atoms with Gasteiger partial charge >= 0.3 is 5.97 Å². The van der Waals surface area contributed by atoms with Crippen molar-refractivity contribution < 1.29 is 14.7 Å². The standard InChI is InChI=1S/C9H9NO3S/c1-9(8(11)12)4-7(10-13-9)6-2-3-14-5-6/h2-3,5H,4H2,1H3,(H,11,12). The van der Waals surface area contributed by atoms with E-state index in [0.29, 0.717) is 12.1 Å². The van der Waals surface area contributed by atoms with Gasteiger partial charge < -0.3 is 9.94 Å². The van der Waals surface area contributed by atoms with Crippen molar-refractivity contribution in [1.29, 1.82) is 0 Å². The van der Waals surface area contributed by atoms with Crippen molar-refractivity contribution in [1.82, 2.24) is 0 Å². The quantitative estimate of drug-likeness (QED) is 0.810. The van der Waals surface area contributed by atoms with Crippen LogP contribution >= 0.6 is 11.3 Å². The Morgan fingerprint density at radius 3 is 3.07 bits per heavy atom. The van der Waals surface area contributed by atoms with Gasteiger partial charge in [-0.1, -0.05) is 5.16 Å². The average Bonchev–Trinajstić information content (AvgIpc) is 2.72. The van der Waals surface area contributed by atoms with E-state index in [2.05, 4.69) is 5.16 Å². The number of aliphatic carboxylic acids is 1. The molecule has 1 unspecified atom stereocenters. The molecule has 0 amide bonds. The highest BCUT2D eigenvalue weighted by Gasteiger charge is 2.42. The molecule has 4 nitrogen and oxygen atoms in total. The molecule has 2 rings (SSSR count). The Morgan fingerprint density at radius 1 is 1.79 bits per heavy atom. The van der Waals surface area contributed by atoms with Crippen LogP contribution in [-0.4, -0.2) is 22.4 Å². The fourth-order valence-electron chi connectivity index (χ4n) is 1.24. The van der Waals surface area contributed by atoms with Gasteiger partial charge in [0.1, 0.15) is 0 Å². The van der Waals surface area contributed by atoms with Gasteiger partial charge in [0.25, 0.3) is 0 Å². The molecule has 1 aliphatic heterocycles. The summed E-state index contributed by atoms with van der Waals surface area (Å²) in [6.07, 6.45) is 0.319. The maximum absolute atomic E-state index is 10.8. The zero-order valence-electron chi connectivity index (χ0n) is 7.56. The molecular formula is C9H9NO3S. The van der Waals surface area contributed by atoms with Gasteiger partial charge in [-0.15, -0.1) is 0 Å². The van der Waals surface area contributed by atoms with Crippen molar-refractivity contribution in [2.75, 3.05) is 0 Å². The van der Waals surface area contributed by atoms with E-state index in [1.54, 1.807) is 11.3 Å². The van der Waals surface area contributed by atoms with Gasteiger partial charge in [-0.3, -0.25) is 0 Å². The molecule has 0 aliphatic carbocycles. The fraction of sp³-hybridized carbons (Fsp3) is 0.333. The van der Waals surface area contributed by atoms with Crippen LogP contribution in [0.5, 0.6) is 0 Å². The van der Waals surface area contributed by atoms with Gasteiger partial charge in [0.05, 0.1) is 5.71 Å². The summed E-state index contributed by atoms with van der Waals surface area (Å²) in [5.41, 5.74) is 0.452. The average molecular weight is 211 g/mol. The number of hydrogen-bond acceptors (Lipinski definition) is 4. The lowest BCUT2D eigenvalue weighted by Crippen LogP contribution is -2.35. The van der Waals surface area contributed by atoms with Gasteiger partial charge in [0, 0.05) is 12.0 Å². The zero-order valence-corrected chi connectivity index (χ0v) is 8.37. The summed E-state index contributed by atoms with van der Waals surface area (Å²) in [6.45, 7) is 1.53. The van der Waals surface area contributed by atoms with Crippen LogP contribution in [0.15, 0.2) is 22.0 Å². The monoisotopic (exact) mass is 211 g/mol. The maximum Gasteiger partial charge on any atom is 0.351 e. The zero-order chi connectivity index (χ0) is 10.2. The number of oxime groups is 1. The van der Waals surface area contributed by atoms with Crippen LogP contribution in [0.25, 0.3) is 0 Å². The summed E-state index contributed by atoms with van der Waals surface area (Å²) in [5.74, 6) is -0.980. The number of carbonyl (C=O) groups is 1. The molecule has 1 N–H and O–H groups in total. The topological polar surface area (TPSA) is 58.9 Å². The molecule has 0 radical (unpaired) electrons. The second-order valence-corrected chi connectivity index (χ2v) is 4.13. The summed E-state index contributed by atoms with van der Waals surface area (Å²) in [5, 5.41) is 16.5. The summed E-state index contributed by atoms with van der Waals surface area (Å²) < 4.78 is 0. The summed E-state index contributed by atoms with van der Waals surface area (Å²) >= 11 is 1.55. The van der Waals surface area contributed by atoms with Crippen LogP contribution in [0.1, 0.15) is 18.9 Å². The molecule has 14 heavy (non-hydrogen) atoms. The molecule has 1 aliphatic rings. The second-order valence-electron chi connectivity index (χ2n) is 3.35. The molecule has 1 atom stereocenters. The Balaban J connectivity index is 2.19. The van der Waals surface area contributed by atoms with E-state index < -0.39 is 11.6 Å². The third-order valence-electron chi connectivity index (χ3n) is 2.17. The van der Waals surface area contributed by atoms with E-state index in [1.165, 1.54) is 6.92 Å². The van der Waals surface area contributed by atoms with Gasteiger partial charge in [-0.05, 0) is 23.8 Å². The first-order valence-electron chi connectivity index (χ1n) is 4.13. The molecule has 1 aromatic rings. The minimum atomic E-state index is -1.20. The first-order valence-corrected chi connectivity index (χ1v) is 5.07. The Kier molecular flexibility index (Phi) is 2.03. The number of nitrogens with zero attached hydrogens (tertiary/aromatic N) is 1. The van der Waals surface area contributed by atoms with Crippen molar-refractivity contribution in [2.24, 2.45) is 5.16 Å². The van der Waals surface area contributed by atoms with E-state index in [4.69, 9.17) is 9.94 Å². The van der Waals surface area contributed by atoms with Crippen LogP contribution in [0.3, 0.4) is 0 Å². The summed E-state index contributed by atoms with van der Waals surface area (Å²) in [4.78, 5) is 15.8. The molecule has 1 aromatic heterocycles. The highest BCUT2D eigenvalue weighted by Crippen LogP contribution is 2.27. The molecule has 0 saturated heterocycles. The van der Waals surface area contributed by atoms with Crippen molar-refractivity contribution in [3.63, 3.8) is 0 Å². The molecule has 0 spiro atoms. The highest BCUT2D eigenvalue weighted by molar-refractivity contribution is 7.08. The first kappa shape index (κ1) is 9.21. The molecule has 0 bridgehead atoms. The van der Waals surface area contributed by atoms with Crippen LogP contribution in [-0.2, 0) is 9.63 Å². The summed E-state index contributed by atoms with van der Waals surface area (Å²) in [7, 11) is 0. The van der Waals surface area contributed by atoms with Gasteiger partial charge in [-0.2, -0.15) is 11.3 Å². The third-order valence-corrected chi connectivity index (χ3v) is 2.85. The third kappa shape index (κ3) is 1.39. The minimum absolute atomic E-state index is 0.319. The number of carboxylic acids is 1. The van der Waals surface area contributed by atoms with Crippen molar-refractivity contribution in [2.45, 2.75) is 18.9 Å². The fourth-order valence-corrected chi connectivity index (χ4v) is 1.90. The second kappa shape index (κ2) is 3.09. The number of thiophene rings is 1. The lowest BCUT2D eigenvalue weighted by Gasteiger charge is -2.14. The number of carboxylic acid groups (broad SMARTS) is 1. The number of hydrogen-bond donors (Lipinski definition) is 1. The lowest BCUT2D eigenvalue weighted by atomic mass is 9.98. The predicted molar refractivity (Wildman–Crippen MR) is 52.6 cm³/mol. The largest absolute Gasteiger partial charge is 0.478 e. The Hall–Kier alpha value is -1.36. The smallest absolute Gasteiger partial charge is 0.351 e. The normalized spacial score (nSPS) is 25.6. The van der Waals surface area contributed by atoms with Crippen LogP contribution < -0.4 is 0 Å². The van der Waals surface area contributed by atoms with Crippen molar-refractivity contribution >= 4 is 23.0 Å². The lowest BCUT2D eigenvalue weighted by molar-refractivity contribution is -0.160. The van der Waals surface area contributed by atoms with E-state index >= 15 is 0 Å². The van der Waals surface area contributed by atoms with E-state index in [1.807, 2.05) is 16.8 Å². The molecule has 74 valence electrons. The molecule has 5 heteroatoms. The Morgan fingerprint density at radius 2 is 2.57 bits per heavy atom. The molecule has 2 heterocycles. The molecule has 0 aromatic carbocycles. The number of rotatable bonds is 2. The first-order chi connectivity index (χ1) is 6.62. The van der Waals surface area contributed by atoms with E-state index in [9.17, 15) is 4.79 Å². The maximum atomic E-state index is 10.8. The van der Waals surface area contributed by atoms with Crippen molar-refractivity contribution in [3.8, 4) is 0 Å². The Bertz CT molecular complexity index is 385. The van der Waals surface area contributed by atoms with Gasteiger partial charge in [0.15, 0.2) is 0 Å². The predicted octanol–water partition coefficient (Wildman–Crippen LogP) is 1.72. The van der Waals surface area contributed by atoms with Gasteiger partial charge in [0.2, 0.25) is 5.60 Å². The van der Waals surface area contributed by atoms with Crippen LogP contribution in [0.4, 0.5) is 0 Å². The van der Waals surface area contributed by atoms with Gasteiger partial charge in [-0.25, -0.2) is 4.79 Å². The van der Waals surface area contributed by atoms with E-state index in [0.717, 1.165) is 5.56 Å². The van der Waals surface area contributed by atoms with Crippen LogP contribution in [0.2, 0.25) is 0 Å². The molecule has 0 saturated carbocycles. The SMILES string of the molecule is CC1(C(=O)O)CC(c2ccsc2)=NO1. The Labute approximate surface area is 84.8 Å². The molecular weight excluding hydrogens is 202 g/mol. The van der Waals surface area contributed by atoms with Crippen LogP contribution in [0, 0.1) is 0 Å². The highest BCUT2D eigenvalue weighted by atomic mass is 32.1. The van der Waals surface area contributed by atoms with Crippen molar-refractivity contribution in [3.05, 3.63) is 22.4 Å².